The number of hydrogen-bond donors (Lipinski definition) is 0. The molecule has 0 radical (unpaired) electrons. The first-order valence-corrected chi connectivity index (χ1v) is 6.56. The molecule has 0 heterocycles. The monoisotopic (exact) mass is 196 g/mol. The third kappa shape index (κ3) is 2.74. The Hall–Kier alpha value is 0. The Kier molecular flexibility index (Phi) is 4.47. The van der Waals surface area contributed by atoms with Crippen molar-refractivity contribution in [3.8, 4) is 0 Å². The summed E-state index contributed by atoms with van der Waals surface area (Å²) in [6.45, 7) is 12.1. The van der Waals surface area contributed by atoms with Gasteiger partial charge in [-0.3, -0.25) is 0 Å². The van der Waals surface area contributed by atoms with Gasteiger partial charge in [0.05, 0.1) is 0 Å². The van der Waals surface area contributed by atoms with Gasteiger partial charge in [-0.25, -0.2) is 0 Å². The first-order valence-electron chi connectivity index (χ1n) is 6.56. The van der Waals surface area contributed by atoms with Gasteiger partial charge in [-0.15, -0.1) is 0 Å². The van der Waals surface area contributed by atoms with Gasteiger partial charge >= 0.3 is 0 Å². The van der Waals surface area contributed by atoms with E-state index in [1.54, 1.807) is 0 Å². The second-order valence-corrected chi connectivity index (χ2v) is 5.89. The Morgan fingerprint density at radius 1 is 1.14 bits per heavy atom. The van der Waals surface area contributed by atoms with Crippen LogP contribution in [-0.4, -0.2) is 0 Å². The molecule has 0 bridgehead atoms. The molecular weight excluding hydrogens is 168 g/mol. The van der Waals surface area contributed by atoms with Crippen molar-refractivity contribution in [2.45, 2.75) is 60.3 Å². The molecule has 0 amide bonds. The smallest absolute Gasteiger partial charge is 0.0337 e. The molecule has 0 aromatic carbocycles. The Bertz CT molecular complexity index is 159. The van der Waals surface area contributed by atoms with E-state index < -0.39 is 0 Å². The quantitative estimate of drug-likeness (QED) is 0.560. The molecule has 0 aromatic heterocycles. The molecule has 0 aromatic rings. The first-order chi connectivity index (χ1) is 6.56. The van der Waals surface area contributed by atoms with E-state index in [9.17, 15) is 0 Å². The predicted molar refractivity (Wildman–Crippen MR) is 64.3 cm³/mol. The molecule has 1 saturated carbocycles. The van der Waals surface area contributed by atoms with E-state index in [1.165, 1.54) is 25.7 Å². The summed E-state index contributed by atoms with van der Waals surface area (Å²) < 4.78 is 0. The van der Waals surface area contributed by atoms with Crippen LogP contribution < -0.4 is 0 Å². The Morgan fingerprint density at radius 2 is 1.79 bits per heavy atom. The molecule has 4 atom stereocenters. The van der Waals surface area contributed by atoms with E-state index in [0.29, 0.717) is 0 Å². The fourth-order valence-electron chi connectivity index (χ4n) is 3.64. The lowest BCUT2D eigenvalue weighted by Gasteiger charge is -2.32. The first kappa shape index (κ1) is 12.1. The SMILES string of the molecule is CCC1CC(C)CCC(C)C1C(C)C. The second kappa shape index (κ2) is 5.19. The fourth-order valence-corrected chi connectivity index (χ4v) is 3.64. The molecule has 0 aliphatic heterocycles. The van der Waals surface area contributed by atoms with Crippen molar-refractivity contribution in [1.82, 2.24) is 0 Å². The van der Waals surface area contributed by atoms with Gasteiger partial charge in [-0.1, -0.05) is 53.9 Å². The highest BCUT2D eigenvalue weighted by molar-refractivity contribution is 4.81. The van der Waals surface area contributed by atoms with Crippen molar-refractivity contribution in [1.29, 1.82) is 0 Å². The molecule has 1 aliphatic carbocycles. The molecule has 4 unspecified atom stereocenters. The van der Waals surface area contributed by atoms with Crippen molar-refractivity contribution in [3.05, 3.63) is 0 Å². The number of rotatable bonds is 2. The lowest BCUT2D eigenvalue weighted by atomic mass is 9.73. The van der Waals surface area contributed by atoms with E-state index in [4.69, 9.17) is 0 Å². The Morgan fingerprint density at radius 3 is 2.29 bits per heavy atom. The van der Waals surface area contributed by atoms with Crippen LogP contribution in [0.4, 0.5) is 0 Å². The average molecular weight is 196 g/mol. The molecule has 0 spiro atoms. The highest BCUT2D eigenvalue weighted by Crippen LogP contribution is 2.41. The van der Waals surface area contributed by atoms with Crippen LogP contribution in [0, 0.1) is 29.6 Å². The van der Waals surface area contributed by atoms with Crippen molar-refractivity contribution in [3.63, 3.8) is 0 Å². The van der Waals surface area contributed by atoms with Crippen molar-refractivity contribution >= 4 is 0 Å². The topological polar surface area (TPSA) is 0 Å². The maximum atomic E-state index is 2.48. The lowest BCUT2D eigenvalue weighted by molar-refractivity contribution is 0.168. The largest absolute Gasteiger partial charge is 0.0651 e. The van der Waals surface area contributed by atoms with Gasteiger partial charge in [0.25, 0.3) is 0 Å². The lowest BCUT2D eigenvalue weighted by Crippen LogP contribution is -2.25. The minimum absolute atomic E-state index is 0.875. The van der Waals surface area contributed by atoms with Crippen LogP contribution >= 0.6 is 0 Å². The zero-order chi connectivity index (χ0) is 10.7. The van der Waals surface area contributed by atoms with Gasteiger partial charge in [-0.2, -0.15) is 0 Å². The van der Waals surface area contributed by atoms with Crippen molar-refractivity contribution in [2.75, 3.05) is 0 Å². The van der Waals surface area contributed by atoms with Crippen LogP contribution in [0.5, 0.6) is 0 Å². The van der Waals surface area contributed by atoms with Gasteiger partial charge in [-0.05, 0) is 36.0 Å². The highest BCUT2D eigenvalue weighted by atomic mass is 14.4. The summed E-state index contributed by atoms with van der Waals surface area (Å²) >= 11 is 0. The predicted octanol–water partition coefficient (Wildman–Crippen LogP) is 4.74. The summed E-state index contributed by atoms with van der Waals surface area (Å²) in [7, 11) is 0. The van der Waals surface area contributed by atoms with E-state index >= 15 is 0 Å². The molecule has 1 fully saturated rings. The molecule has 0 nitrogen and oxygen atoms in total. The third-order valence-corrected chi connectivity index (χ3v) is 4.32. The maximum absolute atomic E-state index is 2.48. The molecule has 0 heteroatoms. The highest BCUT2D eigenvalue weighted by Gasteiger charge is 2.32. The standard InChI is InChI=1S/C14H28/c1-6-13-9-11(4)7-8-12(5)14(13)10(2)3/h10-14H,6-9H2,1-5H3. The number of hydrogen-bond acceptors (Lipinski definition) is 0. The summed E-state index contributed by atoms with van der Waals surface area (Å²) in [5, 5.41) is 0. The summed E-state index contributed by atoms with van der Waals surface area (Å²) in [6.07, 6.45) is 5.78. The van der Waals surface area contributed by atoms with E-state index in [0.717, 1.165) is 29.6 Å². The van der Waals surface area contributed by atoms with Crippen LogP contribution in [0.2, 0.25) is 0 Å². The summed E-state index contributed by atoms with van der Waals surface area (Å²) in [4.78, 5) is 0. The second-order valence-electron chi connectivity index (χ2n) is 5.89. The average Bonchev–Trinajstić information content (AvgIpc) is 2.25. The zero-order valence-corrected chi connectivity index (χ0v) is 10.7. The van der Waals surface area contributed by atoms with Crippen LogP contribution in [0.3, 0.4) is 0 Å². The summed E-state index contributed by atoms with van der Waals surface area (Å²) in [5.41, 5.74) is 0. The van der Waals surface area contributed by atoms with Gasteiger partial charge in [0.2, 0.25) is 0 Å². The molecular formula is C14H28. The maximum Gasteiger partial charge on any atom is -0.0337 e. The molecule has 1 rings (SSSR count). The molecule has 1 aliphatic rings. The van der Waals surface area contributed by atoms with Gasteiger partial charge in [0, 0.05) is 0 Å². The normalized spacial score (nSPS) is 39.9. The van der Waals surface area contributed by atoms with Crippen molar-refractivity contribution < 1.29 is 0 Å². The van der Waals surface area contributed by atoms with E-state index in [-0.39, 0.29) is 0 Å². The van der Waals surface area contributed by atoms with Gasteiger partial charge in [0.1, 0.15) is 0 Å². The van der Waals surface area contributed by atoms with Crippen molar-refractivity contribution in [2.24, 2.45) is 29.6 Å². The molecule has 0 saturated heterocycles. The summed E-state index contributed by atoms with van der Waals surface area (Å²) in [6, 6.07) is 0. The van der Waals surface area contributed by atoms with Gasteiger partial charge < -0.3 is 0 Å². The minimum Gasteiger partial charge on any atom is -0.0651 e. The third-order valence-electron chi connectivity index (χ3n) is 4.32. The van der Waals surface area contributed by atoms with Crippen LogP contribution in [0.1, 0.15) is 60.3 Å². The van der Waals surface area contributed by atoms with E-state index in [1.807, 2.05) is 0 Å². The fraction of sp³-hybridized carbons (Fsp3) is 1.00. The molecule has 14 heavy (non-hydrogen) atoms. The van der Waals surface area contributed by atoms with Gasteiger partial charge in [0.15, 0.2) is 0 Å². The van der Waals surface area contributed by atoms with E-state index in [2.05, 4.69) is 34.6 Å². The van der Waals surface area contributed by atoms with Crippen LogP contribution in [0.25, 0.3) is 0 Å². The molecule has 0 N–H and O–H groups in total. The Balaban J connectivity index is 2.73. The minimum atomic E-state index is 0.875. The van der Waals surface area contributed by atoms with Crippen LogP contribution in [-0.2, 0) is 0 Å². The Labute approximate surface area is 90.5 Å². The summed E-state index contributed by atoms with van der Waals surface area (Å²) in [5.74, 6) is 4.75. The van der Waals surface area contributed by atoms with Crippen LogP contribution in [0.15, 0.2) is 0 Å². The zero-order valence-electron chi connectivity index (χ0n) is 10.7. The molecule has 84 valence electrons.